The smallest absolute Gasteiger partial charge is 0.0749 e. The van der Waals surface area contributed by atoms with Crippen LogP contribution < -0.4 is 0 Å². The van der Waals surface area contributed by atoms with Crippen molar-refractivity contribution in [1.29, 1.82) is 0 Å². The van der Waals surface area contributed by atoms with Crippen molar-refractivity contribution < 1.29 is 0 Å². The van der Waals surface area contributed by atoms with E-state index in [9.17, 15) is 0 Å². The molecular formula is C14H14Br2S. The van der Waals surface area contributed by atoms with Crippen molar-refractivity contribution in [2.75, 3.05) is 0 Å². The highest BCUT2D eigenvalue weighted by molar-refractivity contribution is 9.11. The quantitative estimate of drug-likeness (QED) is 0.590. The van der Waals surface area contributed by atoms with Crippen LogP contribution in [0.1, 0.15) is 32.6 Å². The fourth-order valence-corrected chi connectivity index (χ4v) is 4.28. The van der Waals surface area contributed by atoms with E-state index in [1.165, 1.54) is 20.9 Å². The maximum atomic E-state index is 3.80. The van der Waals surface area contributed by atoms with E-state index in [1.807, 2.05) is 11.3 Å². The molecule has 0 aliphatic heterocycles. The third-order valence-electron chi connectivity index (χ3n) is 2.71. The molecule has 17 heavy (non-hydrogen) atoms. The number of alkyl halides is 1. The van der Waals surface area contributed by atoms with E-state index < -0.39 is 0 Å². The van der Waals surface area contributed by atoms with E-state index in [4.69, 9.17) is 0 Å². The van der Waals surface area contributed by atoms with Crippen molar-refractivity contribution in [3.63, 3.8) is 0 Å². The molecule has 0 radical (unpaired) electrons. The predicted octanol–water partition coefficient (Wildman–Crippen LogP) is 5.87. The Morgan fingerprint density at radius 1 is 1.24 bits per heavy atom. The van der Waals surface area contributed by atoms with Crippen LogP contribution in [0.25, 0.3) is 0 Å². The zero-order chi connectivity index (χ0) is 12.4. The van der Waals surface area contributed by atoms with Gasteiger partial charge < -0.3 is 0 Å². The van der Waals surface area contributed by atoms with E-state index in [1.54, 1.807) is 0 Å². The van der Waals surface area contributed by atoms with E-state index in [0.717, 1.165) is 10.9 Å². The van der Waals surface area contributed by atoms with Gasteiger partial charge in [0.25, 0.3) is 0 Å². The molecule has 1 aromatic heterocycles. The summed E-state index contributed by atoms with van der Waals surface area (Å²) in [5, 5.41) is 0. The summed E-state index contributed by atoms with van der Waals surface area (Å²) in [7, 11) is 0. The highest BCUT2D eigenvalue weighted by Crippen LogP contribution is 2.39. The molecule has 1 atom stereocenters. The molecule has 0 aliphatic rings. The molecule has 0 N–H and O–H groups in total. The van der Waals surface area contributed by atoms with E-state index in [0.29, 0.717) is 0 Å². The SMILES string of the molecule is CCc1ccc(C(Br)c2cc(C)ccc2Br)s1. The molecule has 0 aliphatic carbocycles. The summed E-state index contributed by atoms with van der Waals surface area (Å²) in [4.78, 5) is 3.09. The average molecular weight is 374 g/mol. The molecule has 0 spiro atoms. The fourth-order valence-electron chi connectivity index (χ4n) is 1.73. The van der Waals surface area contributed by atoms with Gasteiger partial charge in [-0.1, -0.05) is 56.5 Å². The first kappa shape index (κ1) is 13.3. The highest BCUT2D eigenvalue weighted by atomic mass is 79.9. The van der Waals surface area contributed by atoms with Gasteiger partial charge in [-0.25, -0.2) is 0 Å². The molecule has 90 valence electrons. The van der Waals surface area contributed by atoms with E-state index >= 15 is 0 Å². The number of benzene rings is 1. The lowest BCUT2D eigenvalue weighted by atomic mass is 10.1. The zero-order valence-corrected chi connectivity index (χ0v) is 13.8. The largest absolute Gasteiger partial charge is 0.144 e. The van der Waals surface area contributed by atoms with Crippen molar-refractivity contribution in [3.05, 3.63) is 55.7 Å². The Labute approximate surface area is 123 Å². The topological polar surface area (TPSA) is 0 Å². The van der Waals surface area contributed by atoms with Crippen LogP contribution in [0.15, 0.2) is 34.8 Å². The van der Waals surface area contributed by atoms with Crippen molar-refractivity contribution in [1.82, 2.24) is 0 Å². The first-order valence-electron chi connectivity index (χ1n) is 5.60. The molecule has 0 nitrogen and oxygen atoms in total. The maximum Gasteiger partial charge on any atom is 0.0749 e. The first-order chi connectivity index (χ1) is 8.11. The minimum Gasteiger partial charge on any atom is -0.144 e. The number of hydrogen-bond donors (Lipinski definition) is 0. The Morgan fingerprint density at radius 2 is 2.00 bits per heavy atom. The Kier molecular flexibility index (Phi) is 4.45. The number of aryl methyl sites for hydroxylation is 2. The van der Waals surface area contributed by atoms with Crippen LogP contribution >= 0.6 is 43.2 Å². The number of halogens is 2. The van der Waals surface area contributed by atoms with Crippen LogP contribution in [0.4, 0.5) is 0 Å². The number of hydrogen-bond acceptors (Lipinski definition) is 1. The molecule has 3 heteroatoms. The predicted molar refractivity (Wildman–Crippen MR) is 83.3 cm³/mol. The molecule has 2 rings (SSSR count). The molecular weight excluding hydrogens is 360 g/mol. The van der Waals surface area contributed by atoms with Gasteiger partial charge in [0, 0.05) is 14.2 Å². The lowest BCUT2D eigenvalue weighted by Gasteiger charge is -2.11. The van der Waals surface area contributed by atoms with E-state index in [2.05, 4.69) is 76.0 Å². The van der Waals surface area contributed by atoms with Crippen LogP contribution in [-0.2, 0) is 6.42 Å². The highest BCUT2D eigenvalue weighted by Gasteiger charge is 2.15. The fraction of sp³-hybridized carbons (Fsp3) is 0.286. The van der Waals surface area contributed by atoms with Crippen LogP contribution in [0.2, 0.25) is 0 Å². The van der Waals surface area contributed by atoms with Gasteiger partial charge in [-0.05, 0) is 37.1 Å². The second kappa shape index (κ2) is 5.68. The summed E-state index contributed by atoms with van der Waals surface area (Å²) >= 11 is 9.31. The van der Waals surface area contributed by atoms with Crippen molar-refractivity contribution in [3.8, 4) is 0 Å². The van der Waals surface area contributed by atoms with Gasteiger partial charge in [0.05, 0.1) is 4.83 Å². The minimum absolute atomic E-state index is 0.280. The first-order valence-corrected chi connectivity index (χ1v) is 8.13. The Morgan fingerprint density at radius 3 is 2.65 bits per heavy atom. The monoisotopic (exact) mass is 372 g/mol. The maximum absolute atomic E-state index is 3.80. The second-order valence-corrected chi connectivity index (χ2v) is 7.02. The number of thiophene rings is 1. The second-order valence-electron chi connectivity index (χ2n) is 4.05. The normalized spacial score (nSPS) is 12.7. The van der Waals surface area contributed by atoms with E-state index in [-0.39, 0.29) is 4.83 Å². The third kappa shape index (κ3) is 3.01. The summed E-state index contributed by atoms with van der Waals surface area (Å²) < 4.78 is 1.16. The molecule has 0 saturated carbocycles. The summed E-state index contributed by atoms with van der Waals surface area (Å²) in [6.07, 6.45) is 1.11. The zero-order valence-electron chi connectivity index (χ0n) is 9.84. The Hall–Kier alpha value is -0.120. The van der Waals surface area contributed by atoms with Crippen LogP contribution in [-0.4, -0.2) is 0 Å². The summed E-state index contributed by atoms with van der Waals surface area (Å²) in [6, 6.07) is 10.9. The summed E-state index contributed by atoms with van der Waals surface area (Å²) in [6.45, 7) is 4.32. The van der Waals surface area contributed by atoms with Crippen LogP contribution in [0, 0.1) is 6.92 Å². The molecule has 0 saturated heterocycles. The average Bonchev–Trinajstić information content (AvgIpc) is 2.80. The van der Waals surface area contributed by atoms with Gasteiger partial charge >= 0.3 is 0 Å². The molecule has 1 unspecified atom stereocenters. The van der Waals surface area contributed by atoms with Crippen LogP contribution in [0.5, 0.6) is 0 Å². The summed E-state index contributed by atoms with van der Waals surface area (Å²) in [5.41, 5.74) is 2.59. The van der Waals surface area contributed by atoms with Crippen molar-refractivity contribution in [2.45, 2.75) is 25.1 Å². The third-order valence-corrected chi connectivity index (χ3v) is 6.01. The molecule has 2 aromatic rings. The Bertz CT molecular complexity index is 517. The van der Waals surface area contributed by atoms with Gasteiger partial charge in [-0.3, -0.25) is 0 Å². The van der Waals surface area contributed by atoms with Gasteiger partial charge in [0.1, 0.15) is 0 Å². The lowest BCUT2D eigenvalue weighted by Crippen LogP contribution is -1.92. The molecule has 0 amide bonds. The van der Waals surface area contributed by atoms with Crippen molar-refractivity contribution in [2.24, 2.45) is 0 Å². The standard InChI is InChI=1S/C14H14Br2S/c1-3-10-5-7-13(17-10)14(16)11-8-9(2)4-6-12(11)15/h4-8,14H,3H2,1-2H3. The van der Waals surface area contributed by atoms with Gasteiger partial charge in [-0.15, -0.1) is 11.3 Å². The molecule has 1 aromatic carbocycles. The van der Waals surface area contributed by atoms with Crippen molar-refractivity contribution >= 4 is 43.2 Å². The van der Waals surface area contributed by atoms with Crippen LogP contribution in [0.3, 0.4) is 0 Å². The lowest BCUT2D eigenvalue weighted by molar-refractivity contribution is 1.19. The van der Waals surface area contributed by atoms with Gasteiger partial charge in [0.2, 0.25) is 0 Å². The molecule has 1 heterocycles. The van der Waals surface area contributed by atoms with Gasteiger partial charge in [0.15, 0.2) is 0 Å². The van der Waals surface area contributed by atoms with Gasteiger partial charge in [-0.2, -0.15) is 0 Å². The molecule has 0 fully saturated rings. The Balaban J connectivity index is 2.35. The minimum atomic E-state index is 0.280. The summed E-state index contributed by atoms with van der Waals surface area (Å²) in [5.74, 6) is 0. The molecule has 0 bridgehead atoms. The number of rotatable bonds is 3.